The predicted molar refractivity (Wildman–Crippen MR) is 49.3 cm³/mol. The van der Waals surface area contributed by atoms with Crippen molar-refractivity contribution in [1.29, 1.82) is 0 Å². The minimum atomic E-state index is -0.506. The highest BCUT2D eigenvalue weighted by Gasteiger charge is 2.03. The Hall–Kier alpha value is -0.0500. The number of benzene rings is 1. The summed E-state index contributed by atoms with van der Waals surface area (Å²) in [5, 5.41) is -0.0171. The Kier molecular flexibility index (Phi) is 2.93. The molecule has 0 fully saturated rings. The van der Waals surface area contributed by atoms with Gasteiger partial charge in [0.25, 0.3) is 5.24 Å². The van der Waals surface area contributed by atoms with Crippen molar-refractivity contribution < 1.29 is 4.79 Å². The highest BCUT2D eigenvalue weighted by atomic mass is 79.9. The van der Waals surface area contributed by atoms with Crippen LogP contribution in [0.25, 0.3) is 0 Å². The molecule has 0 aliphatic heterocycles. The van der Waals surface area contributed by atoms with Crippen LogP contribution >= 0.6 is 39.1 Å². The smallest absolute Gasteiger partial charge is 0.252 e. The largest absolute Gasteiger partial charge is 0.276 e. The Bertz CT molecular complexity index is 278. The van der Waals surface area contributed by atoms with Gasteiger partial charge in [0, 0.05) is 15.1 Å². The molecular formula is C7H3BrCl2O. The van der Waals surface area contributed by atoms with E-state index in [0.717, 1.165) is 4.47 Å². The SMILES string of the molecule is O=C(Cl)c1cc(Cl)cc(Br)c1. The molecule has 1 aromatic carbocycles. The summed E-state index contributed by atoms with van der Waals surface area (Å²) >= 11 is 14.1. The number of rotatable bonds is 1. The summed E-state index contributed by atoms with van der Waals surface area (Å²) < 4.78 is 0.744. The molecule has 58 valence electrons. The van der Waals surface area contributed by atoms with Gasteiger partial charge in [0.15, 0.2) is 0 Å². The molecule has 0 saturated carbocycles. The van der Waals surface area contributed by atoms with E-state index in [2.05, 4.69) is 15.9 Å². The quantitative estimate of drug-likeness (QED) is 0.701. The van der Waals surface area contributed by atoms with Crippen molar-refractivity contribution in [3.05, 3.63) is 33.3 Å². The molecule has 0 N–H and O–H groups in total. The van der Waals surface area contributed by atoms with Crippen molar-refractivity contribution >= 4 is 44.4 Å². The lowest BCUT2D eigenvalue weighted by Crippen LogP contribution is -1.87. The number of carbonyl (C=O) groups is 1. The van der Waals surface area contributed by atoms with Crippen molar-refractivity contribution in [2.75, 3.05) is 0 Å². The van der Waals surface area contributed by atoms with Gasteiger partial charge in [-0.25, -0.2) is 0 Å². The van der Waals surface area contributed by atoms with Gasteiger partial charge in [-0.15, -0.1) is 0 Å². The van der Waals surface area contributed by atoms with Gasteiger partial charge < -0.3 is 0 Å². The van der Waals surface area contributed by atoms with Crippen LogP contribution in [-0.2, 0) is 0 Å². The summed E-state index contributed by atoms with van der Waals surface area (Å²) in [5.74, 6) is 0. The zero-order valence-corrected chi connectivity index (χ0v) is 8.37. The molecule has 1 nitrogen and oxygen atoms in total. The topological polar surface area (TPSA) is 17.1 Å². The lowest BCUT2D eigenvalue weighted by molar-refractivity contribution is 0.108. The second-order valence-corrected chi connectivity index (χ2v) is 3.63. The summed E-state index contributed by atoms with van der Waals surface area (Å²) in [6.07, 6.45) is 0. The van der Waals surface area contributed by atoms with E-state index in [1.165, 1.54) is 6.07 Å². The Balaban J connectivity index is 3.19. The maximum absolute atomic E-state index is 10.6. The van der Waals surface area contributed by atoms with E-state index >= 15 is 0 Å². The Morgan fingerprint density at radius 3 is 2.45 bits per heavy atom. The van der Waals surface area contributed by atoms with Crippen LogP contribution in [-0.4, -0.2) is 5.24 Å². The van der Waals surface area contributed by atoms with Gasteiger partial charge in [-0.2, -0.15) is 0 Å². The van der Waals surface area contributed by atoms with E-state index < -0.39 is 5.24 Å². The molecule has 0 heterocycles. The van der Waals surface area contributed by atoms with E-state index in [1.54, 1.807) is 12.1 Å². The van der Waals surface area contributed by atoms with Gasteiger partial charge in [0.2, 0.25) is 0 Å². The minimum Gasteiger partial charge on any atom is -0.276 e. The third kappa shape index (κ3) is 2.47. The van der Waals surface area contributed by atoms with Crippen LogP contribution in [0.5, 0.6) is 0 Å². The molecule has 0 atom stereocenters. The van der Waals surface area contributed by atoms with Gasteiger partial charge in [-0.05, 0) is 29.8 Å². The van der Waals surface area contributed by atoms with Crippen molar-refractivity contribution in [3.8, 4) is 0 Å². The molecule has 0 spiro atoms. The monoisotopic (exact) mass is 252 g/mol. The number of halogens is 3. The summed E-state index contributed by atoms with van der Waals surface area (Å²) in [6.45, 7) is 0. The molecule has 0 aliphatic carbocycles. The lowest BCUT2D eigenvalue weighted by Gasteiger charge is -1.95. The molecule has 11 heavy (non-hydrogen) atoms. The normalized spacial score (nSPS) is 9.73. The molecule has 0 unspecified atom stereocenters. The first-order chi connectivity index (χ1) is 5.09. The van der Waals surface area contributed by atoms with Crippen molar-refractivity contribution in [2.45, 2.75) is 0 Å². The van der Waals surface area contributed by atoms with E-state index in [4.69, 9.17) is 23.2 Å². The fourth-order valence-corrected chi connectivity index (χ4v) is 1.64. The highest BCUT2D eigenvalue weighted by molar-refractivity contribution is 9.10. The first-order valence-electron chi connectivity index (χ1n) is 2.75. The van der Waals surface area contributed by atoms with E-state index in [1.807, 2.05) is 0 Å². The van der Waals surface area contributed by atoms with E-state index in [0.29, 0.717) is 10.6 Å². The van der Waals surface area contributed by atoms with Gasteiger partial charge in [0.1, 0.15) is 0 Å². The number of hydrogen-bond donors (Lipinski definition) is 0. The Morgan fingerprint density at radius 1 is 1.36 bits per heavy atom. The summed E-state index contributed by atoms with van der Waals surface area (Å²) in [6, 6.07) is 4.81. The molecule has 0 aliphatic rings. The average Bonchev–Trinajstić information content (AvgIpc) is 1.85. The number of hydrogen-bond acceptors (Lipinski definition) is 1. The van der Waals surface area contributed by atoms with Crippen LogP contribution in [0.3, 0.4) is 0 Å². The number of carbonyl (C=O) groups excluding carboxylic acids is 1. The molecule has 1 aromatic rings. The zero-order valence-electron chi connectivity index (χ0n) is 5.27. The van der Waals surface area contributed by atoms with Crippen LogP contribution in [0.2, 0.25) is 5.02 Å². The maximum atomic E-state index is 10.6. The molecule has 0 bridgehead atoms. The molecule has 0 aromatic heterocycles. The van der Waals surface area contributed by atoms with Gasteiger partial charge in [-0.3, -0.25) is 4.79 Å². The summed E-state index contributed by atoms with van der Waals surface area (Å²) in [7, 11) is 0. The molecule has 1 rings (SSSR count). The lowest BCUT2D eigenvalue weighted by atomic mass is 10.2. The maximum Gasteiger partial charge on any atom is 0.252 e. The third-order valence-corrected chi connectivity index (χ3v) is 1.98. The van der Waals surface area contributed by atoms with Crippen molar-refractivity contribution in [1.82, 2.24) is 0 Å². The van der Waals surface area contributed by atoms with Crippen LogP contribution < -0.4 is 0 Å². The first-order valence-corrected chi connectivity index (χ1v) is 4.30. The fraction of sp³-hybridized carbons (Fsp3) is 0. The molecule has 0 saturated heterocycles. The predicted octanol–water partition coefficient (Wildman–Crippen LogP) is 3.48. The molecule has 0 radical (unpaired) electrons. The van der Waals surface area contributed by atoms with Gasteiger partial charge in [-0.1, -0.05) is 27.5 Å². The Morgan fingerprint density at radius 2 is 2.00 bits per heavy atom. The zero-order chi connectivity index (χ0) is 8.43. The van der Waals surface area contributed by atoms with Crippen LogP contribution in [0.15, 0.2) is 22.7 Å². The second kappa shape index (κ2) is 3.57. The molecule has 4 heteroatoms. The van der Waals surface area contributed by atoms with Gasteiger partial charge >= 0.3 is 0 Å². The van der Waals surface area contributed by atoms with Crippen LogP contribution in [0.1, 0.15) is 10.4 Å². The van der Waals surface area contributed by atoms with Gasteiger partial charge in [0.05, 0.1) is 0 Å². The second-order valence-electron chi connectivity index (χ2n) is 1.93. The average molecular weight is 254 g/mol. The van der Waals surface area contributed by atoms with Crippen molar-refractivity contribution in [3.63, 3.8) is 0 Å². The van der Waals surface area contributed by atoms with E-state index in [-0.39, 0.29) is 0 Å². The summed E-state index contributed by atoms with van der Waals surface area (Å²) in [5.41, 5.74) is 0.394. The first kappa shape index (κ1) is 9.04. The fourth-order valence-electron chi connectivity index (χ4n) is 0.667. The minimum absolute atomic E-state index is 0.394. The van der Waals surface area contributed by atoms with E-state index in [9.17, 15) is 4.79 Å². The van der Waals surface area contributed by atoms with Crippen LogP contribution in [0.4, 0.5) is 0 Å². The summed E-state index contributed by atoms with van der Waals surface area (Å²) in [4.78, 5) is 10.6. The standard InChI is InChI=1S/C7H3BrCl2O/c8-5-1-4(7(10)11)2-6(9)3-5/h1-3H. The third-order valence-electron chi connectivity index (χ3n) is 1.09. The van der Waals surface area contributed by atoms with Crippen molar-refractivity contribution in [2.24, 2.45) is 0 Å². The molecular weight excluding hydrogens is 251 g/mol. The Labute approximate surface area is 82.4 Å². The highest BCUT2D eigenvalue weighted by Crippen LogP contribution is 2.20. The molecule has 0 amide bonds. The van der Waals surface area contributed by atoms with Crippen LogP contribution in [0, 0.1) is 0 Å².